The minimum atomic E-state index is -0.325. The number of nitrogens with two attached hydrogens (primary N) is 1. The molecule has 180 valence electrons. The van der Waals surface area contributed by atoms with Crippen molar-refractivity contribution in [2.24, 2.45) is 5.73 Å². The van der Waals surface area contributed by atoms with Crippen molar-refractivity contribution in [2.75, 3.05) is 20.6 Å². The fourth-order valence-corrected chi connectivity index (χ4v) is 4.70. The van der Waals surface area contributed by atoms with E-state index >= 15 is 0 Å². The van der Waals surface area contributed by atoms with Gasteiger partial charge in [-0.1, -0.05) is 6.07 Å². The number of aromatic nitrogens is 6. The van der Waals surface area contributed by atoms with E-state index in [0.717, 1.165) is 61.0 Å². The van der Waals surface area contributed by atoms with E-state index in [1.54, 1.807) is 18.6 Å². The van der Waals surface area contributed by atoms with E-state index in [1.165, 1.54) is 12.1 Å². The Labute approximate surface area is 206 Å². The molecule has 0 spiro atoms. The van der Waals surface area contributed by atoms with Gasteiger partial charge in [0.2, 0.25) is 0 Å². The molecule has 0 saturated carbocycles. The summed E-state index contributed by atoms with van der Waals surface area (Å²) in [5, 5.41) is 16.5. The average molecular weight is 481 g/mol. The fraction of sp³-hybridized carbons (Fsp3) is 0.148. The molecule has 6 rings (SSSR count). The number of pyridine rings is 1. The highest BCUT2D eigenvalue weighted by Crippen LogP contribution is 2.35. The summed E-state index contributed by atoms with van der Waals surface area (Å²) in [6.45, 7) is 0.618. The SMILES string of the molecule is CN(C)CC(N)c1cc(F)cc(-c2cncc3[nH]c(-c4n[nH]c5ccc(-c6cn[nH]c6)cc45)cc23)c1. The number of nitrogens with one attached hydrogen (secondary N) is 3. The predicted molar refractivity (Wildman–Crippen MR) is 140 cm³/mol. The van der Waals surface area contributed by atoms with E-state index in [0.29, 0.717) is 6.54 Å². The summed E-state index contributed by atoms with van der Waals surface area (Å²) in [6, 6.07) is 12.8. The van der Waals surface area contributed by atoms with Gasteiger partial charge in [-0.25, -0.2) is 4.39 Å². The zero-order chi connectivity index (χ0) is 24.8. The monoisotopic (exact) mass is 480 g/mol. The van der Waals surface area contributed by atoms with E-state index in [4.69, 9.17) is 5.73 Å². The Morgan fingerprint density at radius 1 is 0.944 bits per heavy atom. The van der Waals surface area contributed by atoms with Gasteiger partial charge in [0.05, 0.1) is 29.1 Å². The van der Waals surface area contributed by atoms with E-state index < -0.39 is 0 Å². The maximum atomic E-state index is 14.7. The van der Waals surface area contributed by atoms with Crippen molar-refractivity contribution in [2.45, 2.75) is 6.04 Å². The molecular weight excluding hydrogens is 455 g/mol. The van der Waals surface area contributed by atoms with Crippen LogP contribution in [0.15, 0.2) is 67.3 Å². The van der Waals surface area contributed by atoms with Gasteiger partial charge in [0, 0.05) is 46.9 Å². The first-order chi connectivity index (χ1) is 17.5. The zero-order valence-corrected chi connectivity index (χ0v) is 19.9. The summed E-state index contributed by atoms with van der Waals surface area (Å²) in [4.78, 5) is 9.85. The number of likely N-dealkylation sites (N-methyl/N-ethyl adjacent to an activating group) is 1. The smallest absolute Gasteiger partial charge is 0.124 e. The number of aromatic amines is 3. The lowest BCUT2D eigenvalue weighted by molar-refractivity contribution is 0.376. The summed E-state index contributed by atoms with van der Waals surface area (Å²) >= 11 is 0. The normalized spacial score (nSPS) is 12.7. The minimum absolute atomic E-state index is 0.303. The van der Waals surface area contributed by atoms with E-state index in [-0.39, 0.29) is 11.9 Å². The second-order valence-corrected chi connectivity index (χ2v) is 9.29. The highest BCUT2D eigenvalue weighted by Gasteiger charge is 2.17. The predicted octanol–water partition coefficient (Wildman–Crippen LogP) is 4.86. The molecule has 2 aromatic carbocycles. The lowest BCUT2D eigenvalue weighted by Gasteiger charge is -2.18. The zero-order valence-electron chi connectivity index (χ0n) is 19.9. The number of rotatable bonds is 6. The molecule has 0 amide bonds. The van der Waals surface area contributed by atoms with Crippen molar-refractivity contribution in [3.05, 3.63) is 78.6 Å². The number of benzene rings is 2. The average Bonchev–Trinajstić information content (AvgIpc) is 3.61. The van der Waals surface area contributed by atoms with Crippen molar-refractivity contribution >= 4 is 21.8 Å². The van der Waals surface area contributed by atoms with Crippen LogP contribution >= 0.6 is 0 Å². The van der Waals surface area contributed by atoms with Gasteiger partial charge >= 0.3 is 0 Å². The first-order valence-corrected chi connectivity index (χ1v) is 11.6. The van der Waals surface area contributed by atoms with Gasteiger partial charge in [0.25, 0.3) is 0 Å². The number of nitrogens with zero attached hydrogens (tertiary/aromatic N) is 4. The van der Waals surface area contributed by atoms with Gasteiger partial charge < -0.3 is 15.6 Å². The lowest BCUT2D eigenvalue weighted by atomic mass is 9.98. The van der Waals surface area contributed by atoms with Crippen LogP contribution in [0.3, 0.4) is 0 Å². The van der Waals surface area contributed by atoms with Crippen molar-refractivity contribution in [3.63, 3.8) is 0 Å². The molecule has 4 heterocycles. The van der Waals surface area contributed by atoms with Crippen LogP contribution in [0.2, 0.25) is 0 Å². The van der Waals surface area contributed by atoms with Crippen LogP contribution in [0.25, 0.3) is 55.4 Å². The van der Waals surface area contributed by atoms with Crippen LogP contribution in [0, 0.1) is 5.82 Å². The first kappa shape index (κ1) is 22.1. The van der Waals surface area contributed by atoms with Gasteiger partial charge in [-0.2, -0.15) is 10.2 Å². The second-order valence-electron chi connectivity index (χ2n) is 9.29. The molecule has 0 fully saturated rings. The number of fused-ring (bicyclic) bond motifs is 2. The quantitative estimate of drug-likeness (QED) is 0.272. The Morgan fingerprint density at radius 2 is 1.83 bits per heavy atom. The lowest BCUT2D eigenvalue weighted by Crippen LogP contribution is -2.26. The molecule has 36 heavy (non-hydrogen) atoms. The molecule has 0 aliphatic heterocycles. The largest absolute Gasteiger partial charge is 0.352 e. The van der Waals surface area contributed by atoms with Crippen LogP contribution in [0.4, 0.5) is 4.39 Å². The molecule has 0 aliphatic rings. The van der Waals surface area contributed by atoms with Crippen LogP contribution in [-0.2, 0) is 0 Å². The van der Waals surface area contributed by atoms with Gasteiger partial charge in [-0.3, -0.25) is 15.2 Å². The maximum Gasteiger partial charge on any atom is 0.124 e. The summed E-state index contributed by atoms with van der Waals surface area (Å²) in [5.41, 5.74) is 14.1. The van der Waals surface area contributed by atoms with Crippen LogP contribution < -0.4 is 5.73 Å². The number of hydrogen-bond donors (Lipinski definition) is 4. The summed E-state index contributed by atoms with van der Waals surface area (Å²) < 4.78 is 14.7. The third-order valence-corrected chi connectivity index (χ3v) is 6.42. The fourth-order valence-electron chi connectivity index (χ4n) is 4.70. The van der Waals surface area contributed by atoms with Crippen LogP contribution in [0.1, 0.15) is 11.6 Å². The molecule has 1 unspecified atom stereocenters. The molecule has 4 aromatic heterocycles. The van der Waals surface area contributed by atoms with E-state index in [9.17, 15) is 4.39 Å². The van der Waals surface area contributed by atoms with Crippen LogP contribution in [-0.4, -0.2) is 55.9 Å². The van der Waals surface area contributed by atoms with Gasteiger partial charge in [-0.05, 0) is 67.2 Å². The molecule has 0 bridgehead atoms. The third-order valence-electron chi connectivity index (χ3n) is 6.42. The van der Waals surface area contributed by atoms with Crippen molar-refractivity contribution in [1.29, 1.82) is 0 Å². The number of halogens is 1. The molecule has 6 aromatic rings. The van der Waals surface area contributed by atoms with E-state index in [2.05, 4.69) is 36.4 Å². The highest BCUT2D eigenvalue weighted by atomic mass is 19.1. The Hall–Kier alpha value is -4.34. The molecule has 8 nitrogen and oxygen atoms in total. The Balaban J connectivity index is 1.45. The highest BCUT2D eigenvalue weighted by molar-refractivity contribution is 6.01. The number of H-pyrrole nitrogens is 3. The molecule has 5 N–H and O–H groups in total. The molecular formula is C27H25FN8. The van der Waals surface area contributed by atoms with Gasteiger partial charge in [0.1, 0.15) is 11.5 Å². The Kier molecular flexibility index (Phi) is 5.36. The first-order valence-electron chi connectivity index (χ1n) is 11.6. The standard InChI is InChI=1S/C27H25FN8/c1-36(2)14-23(29)17-5-16(6-19(28)7-17)22-12-30-13-26-20(22)9-25(33-26)27-21-8-15(18-10-31-32-11-18)3-4-24(21)34-35-27/h3-13,23,33H,14,29H2,1-2H3,(H,31,32)(H,34,35). The third kappa shape index (κ3) is 3.94. The van der Waals surface area contributed by atoms with Gasteiger partial charge in [0.15, 0.2) is 0 Å². The molecule has 1 atom stereocenters. The maximum absolute atomic E-state index is 14.7. The second kappa shape index (κ2) is 8.71. The van der Waals surface area contributed by atoms with E-state index in [1.807, 2.05) is 49.5 Å². The summed E-state index contributed by atoms with van der Waals surface area (Å²) in [5.74, 6) is -0.325. The summed E-state index contributed by atoms with van der Waals surface area (Å²) in [7, 11) is 3.89. The van der Waals surface area contributed by atoms with Gasteiger partial charge in [-0.15, -0.1) is 0 Å². The minimum Gasteiger partial charge on any atom is -0.352 e. The Morgan fingerprint density at radius 3 is 2.64 bits per heavy atom. The summed E-state index contributed by atoms with van der Waals surface area (Å²) in [6.07, 6.45) is 7.18. The number of hydrogen-bond acceptors (Lipinski definition) is 5. The molecule has 0 radical (unpaired) electrons. The van der Waals surface area contributed by atoms with Crippen molar-refractivity contribution < 1.29 is 4.39 Å². The van der Waals surface area contributed by atoms with Crippen molar-refractivity contribution in [1.82, 2.24) is 35.3 Å². The van der Waals surface area contributed by atoms with Crippen LogP contribution in [0.5, 0.6) is 0 Å². The van der Waals surface area contributed by atoms with Crippen molar-refractivity contribution in [3.8, 4) is 33.6 Å². The topological polar surface area (TPSA) is 115 Å². The Bertz CT molecular complexity index is 1680. The molecule has 0 saturated heterocycles. The molecule has 0 aliphatic carbocycles. The molecule has 9 heteroatoms.